The normalized spacial score (nSPS) is 11.6. The quantitative estimate of drug-likeness (QED) is 0.381. The van der Waals surface area contributed by atoms with Gasteiger partial charge < -0.3 is 10.2 Å². The zero-order chi connectivity index (χ0) is 17.9. The molecule has 0 aliphatic heterocycles. The fraction of sp³-hybridized carbons (Fsp3) is 0.105. The SMILES string of the molecule is Cc1cccc(C)c1C(=O)/C(C(=O)O)=C(\C(=O)O)c1ccccc1. The van der Waals surface area contributed by atoms with Crippen LogP contribution in [0.15, 0.2) is 54.1 Å². The van der Waals surface area contributed by atoms with Gasteiger partial charge in [0, 0.05) is 5.56 Å². The van der Waals surface area contributed by atoms with Crippen LogP contribution in [0, 0.1) is 13.8 Å². The number of aliphatic carboxylic acids is 2. The Bertz CT molecular complexity index is 827. The summed E-state index contributed by atoms with van der Waals surface area (Å²) < 4.78 is 0. The maximum atomic E-state index is 12.8. The maximum Gasteiger partial charge on any atom is 0.340 e. The van der Waals surface area contributed by atoms with Gasteiger partial charge in [0.05, 0.1) is 5.57 Å². The summed E-state index contributed by atoms with van der Waals surface area (Å²) in [6.07, 6.45) is 0. The zero-order valence-corrected chi connectivity index (χ0v) is 13.2. The second kappa shape index (κ2) is 6.91. The summed E-state index contributed by atoms with van der Waals surface area (Å²) >= 11 is 0. The second-order valence-electron chi connectivity index (χ2n) is 5.32. The molecule has 0 aromatic heterocycles. The van der Waals surface area contributed by atoms with Crippen molar-refractivity contribution in [3.63, 3.8) is 0 Å². The summed E-state index contributed by atoms with van der Waals surface area (Å²) in [6.45, 7) is 3.37. The summed E-state index contributed by atoms with van der Waals surface area (Å²) in [5, 5.41) is 19.0. The van der Waals surface area contributed by atoms with Gasteiger partial charge in [-0.1, -0.05) is 48.5 Å². The van der Waals surface area contributed by atoms with Crippen molar-refractivity contribution in [2.45, 2.75) is 13.8 Å². The number of ketones is 1. The van der Waals surface area contributed by atoms with Gasteiger partial charge in [0.2, 0.25) is 5.78 Å². The highest BCUT2D eigenvalue weighted by atomic mass is 16.4. The Labute approximate surface area is 138 Å². The van der Waals surface area contributed by atoms with Crippen LogP contribution in [-0.2, 0) is 9.59 Å². The summed E-state index contributed by atoms with van der Waals surface area (Å²) in [5.74, 6) is -3.83. The molecule has 0 radical (unpaired) electrons. The Morgan fingerprint density at radius 3 is 1.75 bits per heavy atom. The molecule has 0 bridgehead atoms. The first-order valence-corrected chi connectivity index (χ1v) is 7.21. The third-order valence-electron chi connectivity index (χ3n) is 3.68. The molecule has 0 aliphatic carbocycles. The summed E-state index contributed by atoms with van der Waals surface area (Å²) in [6, 6.07) is 12.9. The van der Waals surface area contributed by atoms with Crippen LogP contribution < -0.4 is 0 Å². The second-order valence-corrected chi connectivity index (χ2v) is 5.32. The van der Waals surface area contributed by atoms with E-state index in [0.29, 0.717) is 11.1 Å². The van der Waals surface area contributed by atoms with E-state index >= 15 is 0 Å². The van der Waals surface area contributed by atoms with E-state index in [1.165, 1.54) is 12.1 Å². The molecule has 0 saturated carbocycles. The van der Waals surface area contributed by atoms with Gasteiger partial charge in [-0.25, -0.2) is 9.59 Å². The molecule has 0 amide bonds. The number of Topliss-reactive ketones (excluding diaryl/α,β-unsaturated/α-hetero) is 1. The van der Waals surface area contributed by atoms with Crippen LogP contribution in [0.2, 0.25) is 0 Å². The lowest BCUT2D eigenvalue weighted by atomic mass is 9.90. The third kappa shape index (κ3) is 3.25. The van der Waals surface area contributed by atoms with Gasteiger partial charge in [-0.2, -0.15) is 0 Å². The first-order chi connectivity index (χ1) is 11.3. The topological polar surface area (TPSA) is 91.7 Å². The summed E-state index contributed by atoms with van der Waals surface area (Å²) in [7, 11) is 0. The van der Waals surface area contributed by atoms with Crippen LogP contribution in [0.3, 0.4) is 0 Å². The lowest BCUT2D eigenvalue weighted by molar-refractivity contribution is -0.134. The molecule has 0 atom stereocenters. The predicted molar refractivity (Wildman–Crippen MR) is 88.9 cm³/mol. The highest BCUT2D eigenvalue weighted by Gasteiger charge is 2.30. The molecule has 122 valence electrons. The Morgan fingerprint density at radius 1 is 0.750 bits per heavy atom. The predicted octanol–water partition coefficient (Wildman–Crippen LogP) is 3.11. The number of hydrogen-bond donors (Lipinski definition) is 2. The lowest BCUT2D eigenvalue weighted by Gasteiger charge is -2.12. The van der Waals surface area contributed by atoms with Crippen molar-refractivity contribution < 1.29 is 24.6 Å². The minimum absolute atomic E-state index is 0.169. The molecule has 2 aromatic carbocycles. The molecular formula is C19H16O5. The van der Waals surface area contributed by atoms with Crippen LogP contribution in [0.25, 0.3) is 5.57 Å². The monoisotopic (exact) mass is 324 g/mol. The van der Waals surface area contributed by atoms with E-state index in [1.54, 1.807) is 50.2 Å². The van der Waals surface area contributed by atoms with Crippen molar-refractivity contribution in [1.29, 1.82) is 0 Å². The fourth-order valence-corrected chi connectivity index (χ4v) is 2.59. The molecular weight excluding hydrogens is 308 g/mol. The smallest absolute Gasteiger partial charge is 0.340 e. The van der Waals surface area contributed by atoms with E-state index in [1.807, 2.05) is 0 Å². The lowest BCUT2D eigenvalue weighted by Crippen LogP contribution is -2.20. The van der Waals surface area contributed by atoms with Gasteiger partial charge in [0.1, 0.15) is 5.57 Å². The highest BCUT2D eigenvalue weighted by Crippen LogP contribution is 2.25. The molecule has 0 unspecified atom stereocenters. The maximum absolute atomic E-state index is 12.8. The average Bonchev–Trinajstić information content (AvgIpc) is 2.52. The van der Waals surface area contributed by atoms with Crippen LogP contribution in [-0.4, -0.2) is 27.9 Å². The Kier molecular flexibility index (Phi) is 4.94. The van der Waals surface area contributed by atoms with Crippen LogP contribution in [0.4, 0.5) is 0 Å². The van der Waals surface area contributed by atoms with E-state index in [2.05, 4.69) is 0 Å². The number of carbonyl (C=O) groups excluding carboxylic acids is 1. The fourth-order valence-electron chi connectivity index (χ4n) is 2.59. The summed E-state index contributed by atoms with van der Waals surface area (Å²) in [5.41, 5.74) is 0.307. The number of hydrogen-bond acceptors (Lipinski definition) is 3. The molecule has 5 nitrogen and oxygen atoms in total. The number of aryl methyl sites for hydroxylation is 2. The zero-order valence-electron chi connectivity index (χ0n) is 13.2. The van der Waals surface area contributed by atoms with Crippen molar-refractivity contribution in [1.82, 2.24) is 0 Å². The van der Waals surface area contributed by atoms with Gasteiger partial charge in [0.25, 0.3) is 0 Å². The molecule has 24 heavy (non-hydrogen) atoms. The van der Waals surface area contributed by atoms with E-state index in [0.717, 1.165) is 0 Å². The van der Waals surface area contributed by atoms with Gasteiger partial charge in [-0.15, -0.1) is 0 Å². The number of benzene rings is 2. The highest BCUT2D eigenvalue weighted by molar-refractivity contribution is 6.36. The van der Waals surface area contributed by atoms with Crippen molar-refractivity contribution in [2.24, 2.45) is 0 Å². The molecule has 0 spiro atoms. The van der Waals surface area contributed by atoms with Crippen LogP contribution in [0.1, 0.15) is 27.0 Å². The first kappa shape index (κ1) is 17.1. The number of rotatable bonds is 5. The van der Waals surface area contributed by atoms with Crippen molar-refractivity contribution >= 4 is 23.3 Å². The average molecular weight is 324 g/mol. The molecule has 2 aromatic rings. The third-order valence-corrected chi connectivity index (χ3v) is 3.68. The minimum atomic E-state index is -1.57. The molecule has 0 heterocycles. The number of carbonyl (C=O) groups is 3. The largest absolute Gasteiger partial charge is 0.478 e. The molecule has 0 aliphatic rings. The number of carboxylic acid groups (broad SMARTS) is 2. The Hall–Kier alpha value is -3.21. The van der Waals surface area contributed by atoms with E-state index < -0.39 is 28.9 Å². The van der Waals surface area contributed by atoms with Crippen LogP contribution in [0.5, 0.6) is 0 Å². The van der Waals surface area contributed by atoms with Crippen molar-refractivity contribution in [3.8, 4) is 0 Å². The van der Waals surface area contributed by atoms with Crippen LogP contribution >= 0.6 is 0 Å². The molecule has 5 heteroatoms. The van der Waals surface area contributed by atoms with Gasteiger partial charge in [-0.05, 0) is 30.5 Å². The summed E-state index contributed by atoms with van der Waals surface area (Å²) in [4.78, 5) is 36.2. The molecule has 0 saturated heterocycles. The van der Waals surface area contributed by atoms with E-state index in [-0.39, 0.29) is 11.1 Å². The molecule has 0 fully saturated rings. The van der Waals surface area contributed by atoms with E-state index in [4.69, 9.17) is 0 Å². The Morgan fingerprint density at radius 2 is 1.29 bits per heavy atom. The number of carboxylic acids is 2. The van der Waals surface area contributed by atoms with Gasteiger partial charge in [-0.3, -0.25) is 4.79 Å². The molecule has 2 N–H and O–H groups in total. The van der Waals surface area contributed by atoms with Crippen molar-refractivity contribution in [2.75, 3.05) is 0 Å². The van der Waals surface area contributed by atoms with E-state index in [9.17, 15) is 24.6 Å². The Balaban J connectivity index is 2.78. The van der Waals surface area contributed by atoms with Gasteiger partial charge in [0.15, 0.2) is 0 Å². The first-order valence-electron chi connectivity index (χ1n) is 7.21. The van der Waals surface area contributed by atoms with Crippen molar-refractivity contribution in [3.05, 3.63) is 76.4 Å². The minimum Gasteiger partial charge on any atom is -0.478 e. The van der Waals surface area contributed by atoms with Gasteiger partial charge >= 0.3 is 11.9 Å². The standard InChI is InChI=1S/C19H16O5/c1-11-7-6-8-12(2)14(11)17(20)16(19(23)24)15(18(21)22)13-9-4-3-5-10-13/h3-10H,1-2H3,(H,21,22)(H,23,24)/b16-15+. The molecule has 2 rings (SSSR count).